The monoisotopic (exact) mass is 384 g/mol. The highest BCUT2D eigenvalue weighted by molar-refractivity contribution is 8.01. The van der Waals surface area contributed by atoms with Crippen molar-refractivity contribution >= 4 is 35.0 Å². The summed E-state index contributed by atoms with van der Waals surface area (Å²) in [5, 5.41) is 13.8. The quantitative estimate of drug-likeness (QED) is 0.401. The van der Waals surface area contributed by atoms with Crippen LogP contribution in [-0.4, -0.2) is 6.47 Å². The summed E-state index contributed by atoms with van der Waals surface area (Å²) in [6, 6.07) is 43.8. The van der Waals surface area contributed by atoms with Crippen LogP contribution in [0.1, 0.15) is 0 Å². The normalized spacial score (nSPS) is 10.4. The molecule has 0 aliphatic rings. The van der Waals surface area contributed by atoms with Gasteiger partial charge in [0.25, 0.3) is 0 Å². The second-order valence-electron chi connectivity index (χ2n) is 6.11. The molecule has 0 N–H and O–H groups in total. The molecule has 0 fully saturated rings. The molecule has 0 saturated carbocycles. The Kier molecular flexibility index (Phi) is 6.73. The van der Waals surface area contributed by atoms with Gasteiger partial charge in [0.15, 0.2) is 0 Å². The van der Waals surface area contributed by atoms with Crippen LogP contribution >= 0.6 is 7.26 Å². The average Bonchev–Trinajstić information content (AvgIpc) is 2.78. The third-order valence-corrected chi connectivity index (χ3v) is 8.86. The summed E-state index contributed by atoms with van der Waals surface area (Å²) in [4.78, 5) is 8.25. The predicted molar refractivity (Wildman–Crippen MR) is 117 cm³/mol. The molecule has 0 radical (unpaired) electrons. The number of carbonyl (C=O) groups is 1. The van der Waals surface area contributed by atoms with Crippen LogP contribution < -0.4 is 26.3 Å². The minimum atomic E-state index is -1.91. The van der Waals surface area contributed by atoms with E-state index in [9.17, 15) is 0 Å². The lowest BCUT2D eigenvalue weighted by Crippen LogP contribution is -2.38. The van der Waals surface area contributed by atoms with Gasteiger partial charge in [-0.3, -0.25) is 0 Å². The van der Waals surface area contributed by atoms with Crippen molar-refractivity contribution in [2.24, 2.45) is 0 Å². The molecule has 0 aliphatic heterocycles. The van der Waals surface area contributed by atoms with Crippen molar-refractivity contribution in [3.8, 4) is 0 Å². The van der Waals surface area contributed by atoms with Gasteiger partial charge in [-0.1, -0.05) is 72.8 Å². The lowest BCUT2D eigenvalue weighted by molar-refractivity contribution is -0.283. The molecular formula is C25H21O2P. The van der Waals surface area contributed by atoms with Gasteiger partial charge in [0, 0.05) is 6.47 Å². The van der Waals surface area contributed by atoms with Crippen LogP contribution in [0.15, 0.2) is 121 Å². The Hall–Kier alpha value is -3.22. The van der Waals surface area contributed by atoms with Crippen molar-refractivity contribution in [3.05, 3.63) is 121 Å². The Bertz CT molecular complexity index is 808. The summed E-state index contributed by atoms with van der Waals surface area (Å²) < 4.78 is 0. The van der Waals surface area contributed by atoms with Gasteiger partial charge in [0.2, 0.25) is 0 Å². The average molecular weight is 384 g/mol. The molecule has 0 heterocycles. The maximum Gasteiger partial charge on any atom is 0.144 e. The van der Waals surface area contributed by atoms with E-state index < -0.39 is 13.7 Å². The van der Waals surface area contributed by atoms with Gasteiger partial charge in [-0.2, -0.15) is 0 Å². The number of carbonyl (C=O) groups excluding carboxylic acids is 1. The first kappa shape index (κ1) is 19.5. The minimum Gasteiger partial charge on any atom is -0.554 e. The van der Waals surface area contributed by atoms with Gasteiger partial charge in [-0.05, 0) is 48.5 Å². The van der Waals surface area contributed by atoms with E-state index in [1.807, 2.05) is 0 Å². The smallest absolute Gasteiger partial charge is 0.144 e. The number of hydrogen-bond donors (Lipinski definition) is 0. The predicted octanol–water partition coefficient (Wildman–Crippen LogP) is 2.67. The van der Waals surface area contributed by atoms with Crippen molar-refractivity contribution in [1.82, 2.24) is 0 Å². The zero-order valence-electron chi connectivity index (χ0n) is 15.4. The fourth-order valence-electron chi connectivity index (χ4n) is 3.50. The van der Waals surface area contributed by atoms with Gasteiger partial charge < -0.3 is 9.90 Å². The molecule has 4 aromatic carbocycles. The molecule has 0 bridgehead atoms. The second-order valence-corrected chi connectivity index (χ2v) is 9.52. The van der Waals surface area contributed by atoms with E-state index in [1.54, 1.807) is 0 Å². The molecule has 0 aliphatic carbocycles. The Labute approximate surface area is 166 Å². The number of rotatable bonds is 4. The molecule has 4 aromatic rings. The van der Waals surface area contributed by atoms with Crippen LogP contribution in [0.25, 0.3) is 0 Å². The second kappa shape index (κ2) is 9.64. The van der Waals surface area contributed by atoms with Crippen LogP contribution in [0, 0.1) is 0 Å². The van der Waals surface area contributed by atoms with E-state index in [0.29, 0.717) is 0 Å². The van der Waals surface area contributed by atoms with E-state index in [-0.39, 0.29) is 0 Å². The Morgan fingerprint density at radius 3 is 0.821 bits per heavy atom. The third kappa shape index (κ3) is 3.88. The molecule has 3 heteroatoms. The maximum absolute atomic E-state index is 8.25. The zero-order valence-corrected chi connectivity index (χ0v) is 16.3. The molecule has 0 spiro atoms. The number of hydrogen-bond acceptors (Lipinski definition) is 2. The van der Waals surface area contributed by atoms with Crippen molar-refractivity contribution < 1.29 is 9.90 Å². The minimum absolute atomic E-state index is 0.500. The lowest BCUT2D eigenvalue weighted by atomic mass is 10.3. The summed E-state index contributed by atoms with van der Waals surface area (Å²) in [5.41, 5.74) is 0. The lowest BCUT2D eigenvalue weighted by Gasteiger charge is -2.27. The van der Waals surface area contributed by atoms with Crippen LogP contribution in [-0.2, 0) is 4.79 Å². The Morgan fingerprint density at radius 2 is 0.643 bits per heavy atom. The standard InChI is InChI=1S/C24H20P.CH2O2/c1-5-13-21(14-6-1)25(22-15-7-2-8-16-22,23-17-9-3-10-18-23)24-19-11-4-12-20-24;2-1-3/h1-20H;1H,(H,2,3)/q+1;/p-1. The van der Waals surface area contributed by atoms with Crippen LogP contribution in [0.2, 0.25) is 0 Å². The van der Waals surface area contributed by atoms with Crippen molar-refractivity contribution in [2.75, 3.05) is 0 Å². The Balaban J connectivity index is 0.000000706. The molecule has 2 nitrogen and oxygen atoms in total. The van der Waals surface area contributed by atoms with Crippen molar-refractivity contribution in [2.45, 2.75) is 0 Å². The fraction of sp³-hybridized carbons (Fsp3) is 0. The van der Waals surface area contributed by atoms with E-state index in [0.717, 1.165) is 0 Å². The molecule has 28 heavy (non-hydrogen) atoms. The van der Waals surface area contributed by atoms with E-state index >= 15 is 0 Å². The van der Waals surface area contributed by atoms with Crippen LogP contribution in [0.3, 0.4) is 0 Å². The van der Waals surface area contributed by atoms with Crippen molar-refractivity contribution in [3.63, 3.8) is 0 Å². The molecule has 0 unspecified atom stereocenters. The van der Waals surface area contributed by atoms with Gasteiger partial charge in [0.05, 0.1) is 0 Å². The SMILES string of the molecule is O=C[O-].c1ccc([P+](c2ccccc2)(c2ccccc2)c2ccccc2)cc1. The molecular weight excluding hydrogens is 363 g/mol. The first-order chi connectivity index (χ1) is 13.8. The first-order valence-electron chi connectivity index (χ1n) is 9.01. The summed E-state index contributed by atoms with van der Waals surface area (Å²) in [5.74, 6) is 0. The molecule has 0 atom stereocenters. The highest BCUT2D eigenvalue weighted by Gasteiger charge is 2.47. The van der Waals surface area contributed by atoms with Crippen LogP contribution in [0.4, 0.5) is 0 Å². The highest BCUT2D eigenvalue weighted by atomic mass is 31.2. The largest absolute Gasteiger partial charge is 0.554 e. The van der Waals surface area contributed by atoms with E-state index in [1.165, 1.54) is 21.2 Å². The topological polar surface area (TPSA) is 40.1 Å². The highest BCUT2D eigenvalue weighted by Crippen LogP contribution is 2.53. The summed E-state index contributed by atoms with van der Waals surface area (Å²) in [6.07, 6.45) is 0. The summed E-state index contributed by atoms with van der Waals surface area (Å²) in [6.45, 7) is -0.500. The fourth-order valence-corrected chi connectivity index (χ4v) is 7.77. The first-order valence-corrected chi connectivity index (χ1v) is 10.8. The Morgan fingerprint density at radius 1 is 0.464 bits per heavy atom. The zero-order chi connectivity index (χ0) is 19.7. The maximum atomic E-state index is 8.25. The molecule has 0 aromatic heterocycles. The number of benzene rings is 4. The van der Waals surface area contributed by atoms with Gasteiger partial charge >= 0.3 is 0 Å². The van der Waals surface area contributed by atoms with E-state index in [4.69, 9.17) is 9.90 Å². The van der Waals surface area contributed by atoms with Gasteiger partial charge in [-0.25, -0.2) is 0 Å². The molecule has 0 saturated heterocycles. The third-order valence-electron chi connectivity index (χ3n) is 4.57. The van der Waals surface area contributed by atoms with Gasteiger partial charge in [-0.15, -0.1) is 0 Å². The molecule has 4 rings (SSSR count). The van der Waals surface area contributed by atoms with Crippen molar-refractivity contribution in [1.29, 1.82) is 0 Å². The van der Waals surface area contributed by atoms with E-state index in [2.05, 4.69) is 121 Å². The number of carboxylic acid groups (broad SMARTS) is 1. The molecule has 138 valence electrons. The molecule has 0 amide bonds. The van der Waals surface area contributed by atoms with Crippen LogP contribution in [0.5, 0.6) is 0 Å². The van der Waals surface area contributed by atoms with Gasteiger partial charge in [0.1, 0.15) is 28.5 Å². The summed E-state index contributed by atoms with van der Waals surface area (Å²) >= 11 is 0. The summed E-state index contributed by atoms with van der Waals surface area (Å²) in [7, 11) is -1.91.